The molecule has 0 saturated heterocycles. The lowest BCUT2D eigenvalue weighted by Crippen LogP contribution is -2.21. The lowest BCUT2D eigenvalue weighted by molar-refractivity contribution is 0.640. The molecular weight excluding hydrogens is 289 g/mol. The monoisotopic (exact) mass is 307 g/mol. The summed E-state index contributed by atoms with van der Waals surface area (Å²) in [6, 6.07) is 19.6. The van der Waals surface area contributed by atoms with Crippen LogP contribution in [0.3, 0.4) is 0 Å². The molecule has 1 nitrogen and oxygen atoms in total. The first-order chi connectivity index (χ1) is 8.88. The minimum absolute atomic E-state index is 0. The fourth-order valence-electron chi connectivity index (χ4n) is 2.54. The van der Waals surface area contributed by atoms with E-state index in [9.17, 15) is 0 Å². The Morgan fingerprint density at radius 1 is 0.950 bits per heavy atom. The number of rotatable bonds is 2. The van der Waals surface area contributed by atoms with Gasteiger partial charge in [-0.2, -0.15) is 0 Å². The van der Waals surface area contributed by atoms with Crippen molar-refractivity contribution in [1.82, 2.24) is 0 Å². The molecule has 106 valence electrons. The van der Waals surface area contributed by atoms with Gasteiger partial charge in [0, 0.05) is 11.1 Å². The third kappa shape index (κ3) is 3.23. The summed E-state index contributed by atoms with van der Waals surface area (Å²) in [5, 5.41) is 0. The van der Waals surface area contributed by atoms with Crippen LogP contribution in [-0.4, -0.2) is 11.8 Å². The Morgan fingerprint density at radius 2 is 1.60 bits per heavy atom. The van der Waals surface area contributed by atoms with E-state index in [4.69, 9.17) is 4.99 Å². The van der Waals surface area contributed by atoms with E-state index in [0.29, 0.717) is 6.04 Å². The molecule has 0 amide bonds. The van der Waals surface area contributed by atoms with E-state index in [2.05, 4.69) is 61.5 Å². The molecule has 3 rings (SSSR count). The number of halogens is 2. The predicted octanol–water partition coefficient (Wildman–Crippen LogP) is 4.70. The largest absolute Gasteiger partial charge is 0.280 e. The average Bonchev–Trinajstić information content (AvgIpc) is 2.47. The molecule has 1 aliphatic rings. The van der Waals surface area contributed by atoms with Gasteiger partial charge in [-0.05, 0) is 18.4 Å². The smallest absolute Gasteiger partial charge is 0.0725 e. The summed E-state index contributed by atoms with van der Waals surface area (Å²) >= 11 is 0. The van der Waals surface area contributed by atoms with Crippen molar-refractivity contribution >= 4 is 30.5 Å². The van der Waals surface area contributed by atoms with Gasteiger partial charge in [-0.15, -0.1) is 24.8 Å². The van der Waals surface area contributed by atoms with Crippen molar-refractivity contribution in [1.29, 1.82) is 0 Å². The number of benzene rings is 2. The predicted molar refractivity (Wildman–Crippen MR) is 90.8 cm³/mol. The van der Waals surface area contributed by atoms with Crippen molar-refractivity contribution in [2.75, 3.05) is 0 Å². The van der Waals surface area contributed by atoms with Crippen molar-refractivity contribution < 1.29 is 0 Å². The van der Waals surface area contributed by atoms with Crippen molar-refractivity contribution in [2.45, 2.75) is 25.8 Å². The summed E-state index contributed by atoms with van der Waals surface area (Å²) in [6.45, 7) is 2.21. The van der Waals surface area contributed by atoms with E-state index in [1.807, 2.05) is 0 Å². The molecule has 0 aliphatic carbocycles. The Bertz CT molecular complexity index is 579. The van der Waals surface area contributed by atoms with Gasteiger partial charge in [0.1, 0.15) is 0 Å². The van der Waals surface area contributed by atoms with Crippen LogP contribution >= 0.6 is 24.8 Å². The van der Waals surface area contributed by atoms with Crippen LogP contribution in [0.2, 0.25) is 0 Å². The van der Waals surface area contributed by atoms with Gasteiger partial charge in [0.2, 0.25) is 0 Å². The van der Waals surface area contributed by atoms with Gasteiger partial charge in [-0.25, -0.2) is 0 Å². The average molecular weight is 308 g/mol. The highest BCUT2D eigenvalue weighted by atomic mass is 35.5. The van der Waals surface area contributed by atoms with Gasteiger partial charge < -0.3 is 0 Å². The second-order valence-electron chi connectivity index (χ2n) is 4.77. The van der Waals surface area contributed by atoms with Crippen molar-refractivity contribution in [3.8, 4) is 0 Å². The number of hydrogen-bond acceptors (Lipinski definition) is 1. The zero-order valence-corrected chi connectivity index (χ0v) is 13.1. The number of hydrogen-bond donors (Lipinski definition) is 0. The van der Waals surface area contributed by atoms with Gasteiger partial charge in [0.25, 0.3) is 0 Å². The fourth-order valence-corrected chi connectivity index (χ4v) is 2.54. The van der Waals surface area contributed by atoms with E-state index in [1.165, 1.54) is 16.7 Å². The van der Waals surface area contributed by atoms with Crippen LogP contribution < -0.4 is 0 Å². The Morgan fingerprint density at radius 3 is 2.30 bits per heavy atom. The van der Waals surface area contributed by atoms with Crippen LogP contribution in [-0.2, 0) is 6.42 Å². The number of fused-ring (bicyclic) bond motifs is 1. The Balaban J connectivity index is 0.000001000. The third-order valence-corrected chi connectivity index (χ3v) is 3.56. The van der Waals surface area contributed by atoms with Gasteiger partial charge in [0.15, 0.2) is 0 Å². The molecule has 0 saturated carbocycles. The van der Waals surface area contributed by atoms with Gasteiger partial charge in [-0.1, -0.05) is 61.5 Å². The molecule has 0 bridgehead atoms. The lowest BCUT2D eigenvalue weighted by Gasteiger charge is -2.22. The summed E-state index contributed by atoms with van der Waals surface area (Å²) in [5.74, 6) is 0. The molecule has 20 heavy (non-hydrogen) atoms. The van der Waals surface area contributed by atoms with Gasteiger partial charge in [-0.3, -0.25) is 4.99 Å². The second-order valence-corrected chi connectivity index (χ2v) is 4.77. The first-order valence-corrected chi connectivity index (χ1v) is 6.60. The van der Waals surface area contributed by atoms with Crippen molar-refractivity contribution in [2.24, 2.45) is 4.99 Å². The second kappa shape index (κ2) is 7.47. The summed E-state index contributed by atoms with van der Waals surface area (Å²) in [4.78, 5) is 4.93. The van der Waals surface area contributed by atoms with Crippen molar-refractivity contribution in [3.05, 3.63) is 71.3 Å². The first-order valence-electron chi connectivity index (χ1n) is 6.60. The lowest BCUT2D eigenvalue weighted by atomic mass is 9.90. The zero-order valence-electron chi connectivity index (χ0n) is 11.5. The minimum atomic E-state index is 0. The number of aliphatic imine (C=N–C) groups is 1. The van der Waals surface area contributed by atoms with E-state index in [0.717, 1.165) is 18.6 Å². The van der Waals surface area contributed by atoms with Gasteiger partial charge in [0.05, 0.1) is 11.8 Å². The first kappa shape index (κ1) is 16.7. The Labute approximate surface area is 133 Å². The highest BCUT2D eigenvalue weighted by molar-refractivity contribution is 6.14. The highest BCUT2D eigenvalue weighted by Gasteiger charge is 2.20. The SMILES string of the molecule is CCC1Cc2ccccc2C(c2ccccc2)=N1.Cl.Cl. The molecule has 1 aliphatic heterocycles. The molecule has 0 radical (unpaired) electrons. The Hall–Kier alpha value is -1.31. The quantitative estimate of drug-likeness (QED) is 0.762. The maximum absolute atomic E-state index is 4.93. The molecule has 1 heterocycles. The zero-order chi connectivity index (χ0) is 12.4. The molecule has 1 atom stereocenters. The van der Waals surface area contributed by atoms with E-state index >= 15 is 0 Å². The molecule has 2 aromatic rings. The summed E-state index contributed by atoms with van der Waals surface area (Å²) < 4.78 is 0. The topological polar surface area (TPSA) is 12.4 Å². The van der Waals surface area contributed by atoms with Crippen LogP contribution in [0, 0.1) is 0 Å². The van der Waals surface area contributed by atoms with Crippen molar-refractivity contribution in [3.63, 3.8) is 0 Å². The van der Waals surface area contributed by atoms with E-state index < -0.39 is 0 Å². The van der Waals surface area contributed by atoms with Crippen LogP contribution in [0.1, 0.15) is 30.0 Å². The molecule has 3 heteroatoms. The molecule has 2 aromatic carbocycles. The highest BCUT2D eigenvalue weighted by Crippen LogP contribution is 2.24. The maximum atomic E-state index is 4.93. The van der Waals surface area contributed by atoms with Crippen LogP contribution in [0.5, 0.6) is 0 Å². The van der Waals surface area contributed by atoms with Crippen LogP contribution in [0.15, 0.2) is 59.6 Å². The maximum Gasteiger partial charge on any atom is 0.0725 e. The van der Waals surface area contributed by atoms with Crippen LogP contribution in [0.25, 0.3) is 0 Å². The van der Waals surface area contributed by atoms with E-state index in [1.54, 1.807) is 0 Å². The summed E-state index contributed by atoms with van der Waals surface area (Å²) in [5.41, 5.74) is 5.11. The van der Waals surface area contributed by atoms with Gasteiger partial charge >= 0.3 is 0 Å². The summed E-state index contributed by atoms with van der Waals surface area (Å²) in [6.07, 6.45) is 2.17. The van der Waals surface area contributed by atoms with Crippen LogP contribution in [0.4, 0.5) is 0 Å². The van der Waals surface area contributed by atoms with E-state index in [-0.39, 0.29) is 24.8 Å². The normalized spacial score (nSPS) is 16.2. The molecule has 0 N–H and O–H groups in total. The number of nitrogens with zero attached hydrogens (tertiary/aromatic N) is 1. The fraction of sp³-hybridized carbons (Fsp3) is 0.235. The third-order valence-electron chi connectivity index (χ3n) is 3.56. The molecule has 0 aromatic heterocycles. The summed E-state index contributed by atoms with van der Waals surface area (Å²) in [7, 11) is 0. The molecule has 1 unspecified atom stereocenters. The molecule has 0 fully saturated rings. The Kier molecular flexibility index (Phi) is 6.25. The molecular formula is C17H19Cl2N. The standard InChI is InChI=1S/C17H17N.2ClH/c1-2-15-12-14-10-6-7-11-16(14)17(18-15)13-8-4-3-5-9-13;;/h3-11,15H,2,12H2,1H3;2*1H. The minimum Gasteiger partial charge on any atom is -0.280 e. The molecule has 0 spiro atoms.